The number of hydrogen-bond acceptors (Lipinski definition) is 8. The Morgan fingerprint density at radius 2 is 1.94 bits per heavy atom. The lowest BCUT2D eigenvalue weighted by atomic mass is 9.83. The van der Waals surface area contributed by atoms with Crippen molar-refractivity contribution in [3.63, 3.8) is 0 Å². The molecule has 0 aromatic carbocycles. The van der Waals surface area contributed by atoms with Gasteiger partial charge in [-0.3, -0.25) is 0 Å². The molecule has 4 atom stereocenters. The van der Waals surface area contributed by atoms with Crippen molar-refractivity contribution in [1.82, 2.24) is 14.3 Å². The van der Waals surface area contributed by atoms with E-state index in [1.165, 1.54) is 0 Å². The fourth-order valence-corrected chi connectivity index (χ4v) is 7.01. The van der Waals surface area contributed by atoms with E-state index in [1.54, 1.807) is 24.2 Å². The number of amidine groups is 1. The van der Waals surface area contributed by atoms with Gasteiger partial charge >= 0.3 is 0 Å². The highest BCUT2D eigenvalue weighted by atomic mass is 32.2. The second-order valence-corrected chi connectivity index (χ2v) is 11.7. The lowest BCUT2D eigenvalue weighted by Gasteiger charge is -2.49. The summed E-state index contributed by atoms with van der Waals surface area (Å²) < 4.78 is 33.2. The van der Waals surface area contributed by atoms with Crippen LogP contribution in [0.5, 0.6) is 0 Å². The summed E-state index contributed by atoms with van der Waals surface area (Å²) >= 11 is 0. The molecule has 0 aliphatic carbocycles. The van der Waals surface area contributed by atoms with Gasteiger partial charge in [-0.05, 0) is 58.4 Å². The van der Waals surface area contributed by atoms with Crippen LogP contribution >= 0.6 is 0 Å². The van der Waals surface area contributed by atoms with Crippen LogP contribution in [0, 0.1) is 0 Å². The molecule has 2 unspecified atom stereocenters. The van der Waals surface area contributed by atoms with Gasteiger partial charge in [0.2, 0.25) is 16.0 Å². The monoisotopic (exact) mass is 491 g/mol. The maximum absolute atomic E-state index is 12.8. The fourth-order valence-electron chi connectivity index (χ4n) is 5.42. The van der Waals surface area contributed by atoms with E-state index in [-0.39, 0.29) is 35.8 Å². The maximum atomic E-state index is 12.8. The van der Waals surface area contributed by atoms with Crippen molar-refractivity contribution in [1.29, 1.82) is 0 Å². The highest BCUT2D eigenvalue weighted by Crippen LogP contribution is 2.39. The molecule has 1 aromatic rings. The number of rotatable bonds is 7. The first kappa shape index (κ1) is 24.9. The molecule has 3 aliphatic heterocycles. The van der Waals surface area contributed by atoms with E-state index in [9.17, 15) is 8.42 Å². The summed E-state index contributed by atoms with van der Waals surface area (Å²) in [7, 11) is -1.24. The van der Waals surface area contributed by atoms with Crippen LogP contribution in [0.2, 0.25) is 0 Å². The van der Waals surface area contributed by atoms with Crippen molar-refractivity contribution < 1.29 is 13.2 Å². The highest BCUT2D eigenvalue weighted by Gasteiger charge is 2.45. The maximum Gasteiger partial charge on any atom is 0.227 e. The van der Waals surface area contributed by atoms with Gasteiger partial charge in [0.05, 0.1) is 17.6 Å². The molecule has 10 nitrogen and oxygen atoms in total. The minimum absolute atomic E-state index is 0.0250. The van der Waals surface area contributed by atoms with Crippen LogP contribution < -0.4 is 16.4 Å². The van der Waals surface area contributed by atoms with E-state index in [0.717, 1.165) is 50.6 Å². The summed E-state index contributed by atoms with van der Waals surface area (Å²) in [4.78, 5) is 16.1. The van der Waals surface area contributed by atoms with Gasteiger partial charge in [-0.2, -0.15) is 9.29 Å². The molecule has 3 fully saturated rings. The third kappa shape index (κ3) is 5.36. The van der Waals surface area contributed by atoms with Gasteiger partial charge < -0.3 is 21.1 Å². The third-order valence-electron chi connectivity index (χ3n) is 7.03. The van der Waals surface area contributed by atoms with Crippen molar-refractivity contribution in [2.45, 2.75) is 83.0 Å². The number of sulfonamides is 1. The highest BCUT2D eigenvalue weighted by molar-refractivity contribution is 7.89. The molecule has 3 aliphatic rings. The van der Waals surface area contributed by atoms with Crippen molar-refractivity contribution in [2.24, 2.45) is 16.5 Å². The van der Waals surface area contributed by atoms with E-state index in [0.29, 0.717) is 24.1 Å². The molecular weight excluding hydrogens is 454 g/mol. The van der Waals surface area contributed by atoms with E-state index >= 15 is 0 Å². The minimum atomic E-state index is -3.22. The number of anilines is 1. The normalized spacial score (nSPS) is 28.8. The molecule has 4 N–H and O–H groups in total. The van der Waals surface area contributed by atoms with Crippen molar-refractivity contribution in [2.75, 3.05) is 24.3 Å². The Kier molecular flexibility index (Phi) is 7.44. The van der Waals surface area contributed by atoms with Crippen LogP contribution in [0.3, 0.4) is 0 Å². The van der Waals surface area contributed by atoms with Crippen molar-refractivity contribution in [3.8, 4) is 0 Å². The Hall–Kier alpha value is -2.24. The Morgan fingerprint density at radius 3 is 2.53 bits per heavy atom. The minimum Gasteiger partial charge on any atom is -0.402 e. The number of nitrogens with two attached hydrogens (primary N) is 2. The molecule has 4 rings (SSSR count). The van der Waals surface area contributed by atoms with Gasteiger partial charge in [-0.1, -0.05) is 6.42 Å². The number of fused-ring (bicyclic) bond motifs is 2. The molecule has 1 aromatic heterocycles. The molecular formula is C23H37N7O3S. The van der Waals surface area contributed by atoms with E-state index in [2.05, 4.69) is 9.89 Å². The summed E-state index contributed by atoms with van der Waals surface area (Å²) in [6.45, 7) is 4.19. The van der Waals surface area contributed by atoms with Crippen LogP contribution in [0.1, 0.15) is 70.6 Å². The Balaban J connectivity index is 1.63. The second kappa shape index (κ2) is 10.2. The quantitative estimate of drug-likeness (QED) is 0.437. The van der Waals surface area contributed by atoms with E-state index in [1.807, 2.05) is 13.1 Å². The molecule has 4 heterocycles. The smallest absolute Gasteiger partial charge is 0.227 e. The van der Waals surface area contributed by atoms with Crippen molar-refractivity contribution in [3.05, 3.63) is 23.5 Å². The lowest BCUT2D eigenvalue weighted by molar-refractivity contribution is 0.107. The van der Waals surface area contributed by atoms with Gasteiger partial charge in [-0.25, -0.2) is 18.4 Å². The first-order valence-corrected chi connectivity index (χ1v) is 13.8. The predicted octanol–water partition coefficient (Wildman–Crippen LogP) is 2.35. The Labute approximate surface area is 202 Å². The van der Waals surface area contributed by atoms with E-state index < -0.39 is 10.0 Å². The number of allylic oxidation sites excluding steroid dienone is 1. The zero-order chi connectivity index (χ0) is 24.5. The molecule has 0 amide bonds. The number of piperidine rings is 2. The number of ether oxygens (including phenoxy) is 1. The Morgan fingerprint density at radius 1 is 1.24 bits per heavy atom. The van der Waals surface area contributed by atoms with Gasteiger partial charge in [0.1, 0.15) is 5.84 Å². The molecule has 0 saturated carbocycles. The van der Waals surface area contributed by atoms with Gasteiger partial charge in [0.25, 0.3) is 0 Å². The Bertz CT molecular complexity index is 1030. The number of nitrogens with zero attached hydrogens (tertiary/aromatic N) is 5. The number of hydrogen-bond donors (Lipinski definition) is 2. The van der Waals surface area contributed by atoms with Crippen LogP contribution in [0.15, 0.2) is 22.8 Å². The SMILES string of the molecule is CCS(=O)(=O)N1[C@@H]2CCC[C@H]1CC(N(C)c1nc(N=C(N)/C=C(/C)N)cc(C3CCCO3)n1)C2. The molecule has 11 heteroatoms. The lowest BCUT2D eigenvalue weighted by Crippen LogP contribution is -2.58. The average Bonchev–Trinajstić information content (AvgIpc) is 3.32. The fraction of sp³-hybridized carbons (Fsp3) is 0.696. The van der Waals surface area contributed by atoms with Crippen LogP contribution in [0.25, 0.3) is 0 Å². The zero-order valence-electron chi connectivity index (χ0n) is 20.4. The third-order valence-corrected chi connectivity index (χ3v) is 9.00. The zero-order valence-corrected chi connectivity index (χ0v) is 21.2. The molecule has 34 heavy (non-hydrogen) atoms. The van der Waals surface area contributed by atoms with Crippen LogP contribution in [-0.4, -0.2) is 66.1 Å². The van der Waals surface area contributed by atoms with Crippen molar-refractivity contribution >= 4 is 27.6 Å². The van der Waals surface area contributed by atoms with Gasteiger partial charge in [-0.15, -0.1) is 0 Å². The van der Waals surface area contributed by atoms with Gasteiger partial charge in [0.15, 0.2) is 5.82 Å². The summed E-state index contributed by atoms with van der Waals surface area (Å²) in [5, 5.41) is 0. The summed E-state index contributed by atoms with van der Waals surface area (Å²) in [6.07, 6.45) is 7.78. The summed E-state index contributed by atoms with van der Waals surface area (Å²) in [6, 6.07) is 2.01. The molecule has 0 radical (unpaired) electrons. The first-order valence-electron chi connectivity index (χ1n) is 12.2. The van der Waals surface area contributed by atoms with E-state index in [4.69, 9.17) is 26.2 Å². The van der Waals surface area contributed by atoms with Crippen LogP contribution in [-0.2, 0) is 14.8 Å². The number of aliphatic imine (C=N–C) groups is 1. The van der Waals surface area contributed by atoms with Gasteiger partial charge in [0, 0.05) is 43.5 Å². The number of aromatic nitrogens is 2. The summed E-state index contributed by atoms with van der Waals surface area (Å²) in [5.41, 5.74) is 13.1. The van der Waals surface area contributed by atoms with Crippen LogP contribution in [0.4, 0.5) is 11.8 Å². The largest absolute Gasteiger partial charge is 0.402 e. The molecule has 188 valence electrons. The molecule has 3 saturated heterocycles. The molecule has 2 bridgehead atoms. The topological polar surface area (TPSA) is 140 Å². The second-order valence-electron chi connectivity index (χ2n) is 9.58. The molecule has 0 spiro atoms. The predicted molar refractivity (Wildman–Crippen MR) is 133 cm³/mol. The average molecular weight is 492 g/mol. The summed E-state index contributed by atoms with van der Waals surface area (Å²) in [5.74, 6) is 1.44. The first-order chi connectivity index (χ1) is 16.2. The standard InChI is InChI=1S/C23H37N7O3S/c1-4-34(31,32)30-16-7-5-8-17(30)13-18(12-16)29(3)23-26-19(20-9-6-10-33-20)14-22(28-23)27-21(25)11-15(2)24/h11,14,16-18,20H,4-10,12-13,24H2,1-3H3,(H2,25,26,27,28)/b15-11-/t16-,17+,18?,20?.